The van der Waals surface area contributed by atoms with Gasteiger partial charge in [0.25, 0.3) is 0 Å². The molecule has 1 N–H and O–H groups in total. The third-order valence-corrected chi connectivity index (χ3v) is 1.85. The summed E-state index contributed by atoms with van der Waals surface area (Å²) in [6.07, 6.45) is 3.43. The summed E-state index contributed by atoms with van der Waals surface area (Å²) in [6, 6.07) is 3.33. The normalized spacial score (nSPS) is 10.4. The Morgan fingerprint density at radius 3 is 3.00 bits per heavy atom. The molecular formula is C9H8N2O. The minimum Gasteiger partial charge on any atom is -0.321 e. The third-order valence-electron chi connectivity index (χ3n) is 1.85. The van der Waals surface area contributed by atoms with E-state index in [0.29, 0.717) is 0 Å². The number of fused-ring (bicyclic) bond motifs is 1. The second kappa shape index (κ2) is 2.44. The Kier molecular flexibility index (Phi) is 1.43. The number of pyridine rings is 2. The molecule has 0 unspecified atom stereocenters. The van der Waals surface area contributed by atoms with Crippen molar-refractivity contribution in [2.24, 2.45) is 0 Å². The molecular weight excluding hydrogens is 152 g/mol. The summed E-state index contributed by atoms with van der Waals surface area (Å²) in [4.78, 5) is 17.6. The number of hydrogen-bond acceptors (Lipinski definition) is 2. The number of aromatic nitrogens is 2. The van der Waals surface area contributed by atoms with E-state index >= 15 is 0 Å². The highest BCUT2D eigenvalue weighted by Crippen LogP contribution is 2.11. The molecule has 0 spiro atoms. The number of aryl methyl sites for hydroxylation is 1. The number of nitrogens with one attached hydrogen (secondary N) is 1. The molecule has 0 aromatic carbocycles. The van der Waals surface area contributed by atoms with E-state index in [2.05, 4.69) is 9.97 Å². The van der Waals surface area contributed by atoms with Crippen molar-refractivity contribution in [3.63, 3.8) is 0 Å². The zero-order chi connectivity index (χ0) is 8.55. The summed E-state index contributed by atoms with van der Waals surface area (Å²) in [6.45, 7) is 1.97. The maximum atomic E-state index is 10.9. The van der Waals surface area contributed by atoms with Crippen LogP contribution in [0.2, 0.25) is 0 Å². The Morgan fingerprint density at radius 1 is 1.33 bits per heavy atom. The van der Waals surface area contributed by atoms with Gasteiger partial charge in [-0.2, -0.15) is 0 Å². The summed E-state index contributed by atoms with van der Waals surface area (Å²) >= 11 is 0. The van der Waals surface area contributed by atoms with Gasteiger partial charge in [0.1, 0.15) is 0 Å². The van der Waals surface area contributed by atoms with Crippen molar-refractivity contribution in [2.75, 3.05) is 0 Å². The maximum Gasteiger partial charge on any atom is 0.248 e. The molecule has 0 saturated carbocycles. The standard InChI is InChI=1S/C9H8N2O/c1-6-4-10-5-8-7(6)2-3-9(12)11-8/h2-5H,1H3,(H,11,12). The van der Waals surface area contributed by atoms with Crippen molar-refractivity contribution in [1.29, 1.82) is 0 Å². The number of aromatic amines is 1. The first-order chi connectivity index (χ1) is 5.77. The van der Waals surface area contributed by atoms with Crippen LogP contribution >= 0.6 is 0 Å². The van der Waals surface area contributed by atoms with Gasteiger partial charge in [-0.1, -0.05) is 0 Å². The molecule has 0 fully saturated rings. The van der Waals surface area contributed by atoms with E-state index in [1.807, 2.05) is 13.0 Å². The van der Waals surface area contributed by atoms with E-state index in [4.69, 9.17) is 0 Å². The Morgan fingerprint density at radius 2 is 2.17 bits per heavy atom. The quantitative estimate of drug-likeness (QED) is 0.630. The lowest BCUT2D eigenvalue weighted by molar-refractivity contribution is 1.24. The average Bonchev–Trinajstić information content (AvgIpc) is 2.04. The molecule has 3 heteroatoms. The van der Waals surface area contributed by atoms with Crippen molar-refractivity contribution in [1.82, 2.24) is 9.97 Å². The van der Waals surface area contributed by atoms with Gasteiger partial charge in [0.15, 0.2) is 0 Å². The lowest BCUT2D eigenvalue weighted by atomic mass is 10.2. The van der Waals surface area contributed by atoms with Crippen LogP contribution in [0.15, 0.2) is 29.3 Å². The molecule has 0 amide bonds. The Labute approximate surface area is 69.1 Å². The van der Waals surface area contributed by atoms with Crippen molar-refractivity contribution < 1.29 is 0 Å². The summed E-state index contributed by atoms with van der Waals surface area (Å²) in [5.74, 6) is 0. The predicted molar refractivity (Wildman–Crippen MR) is 47.1 cm³/mol. The molecule has 0 aliphatic carbocycles. The number of nitrogens with zero attached hydrogens (tertiary/aromatic N) is 1. The maximum absolute atomic E-state index is 10.9. The third kappa shape index (κ3) is 0.993. The molecule has 60 valence electrons. The number of H-pyrrole nitrogens is 1. The molecule has 0 radical (unpaired) electrons. The highest BCUT2D eigenvalue weighted by Gasteiger charge is 1.96. The molecule has 0 aliphatic heterocycles. The molecule has 12 heavy (non-hydrogen) atoms. The first kappa shape index (κ1) is 7.03. The number of hydrogen-bond donors (Lipinski definition) is 1. The summed E-state index contributed by atoms with van der Waals surface area (Å²) in [5.41, 5.74) is 1.78. The molecule has 2 heterocycles. The van der Waals surface area contributed by atoms with Crippen LogP contribution in [0.5, 0.6) is 0 Å². The molecule has 0 aliphatic rings. The van der Waals surface area contributed by atoms with Crippen molar-refractivity contribution in [2.45, 2.75) is 6.92 Å². The highest BCUT2D eigenvalue weighted by molar-refractivity contribution is 5.80. The zero-order valence-electron chi connectivity index (χ0n) is 6.66. The lowest BCUT2D eigenvalue weighted by Crippen LogP contribution is -2.02. The van der Waals surface area contributed by atoms with Gasteiger partial charge in [-0.25, -0.2) is 0 Å². The van der Waals surface area contributed by atoms with Crippen LogP contribution < -0.4 is 5.56 Å². The van der Waals surface area contributed by atoms with Crippen LogP contribution in [0.1, 0.15) is 5.56 Å². The molecule has 3 nitrogen and oxygen atoms in total. The fraction of sp³-hybridized carbons (Fsp3) is 0.111. The second-order valence-corrected chi connectivity index (χ2v) is 2.74. The number of rotatable bonds is 0. The zero-order valence-corrected chi connectivity index (χ0v) is 6.66. The van der Waals surface area contributed by atoms with Crippen LogP contribution in [0.4, 0.5) is 0 Å². The minimum absolute atomic E-state index is 0.0881. The van der Waals surface area contributed by atoms with Gasteiger partial charge in [0.2, 0.25) is 5.56 Å². The smallest absolute Gasteiger partial charge is 0.248 e. The summed E-state index contributed by atoms with van der Waals surface area (Å²) < 4.78 is 0. The predicted octanol–water partition coefficient (Wildman–Crippen LogP) is 1.23. The first-order valence-electron chi connectivity index (χ1n) is 3.71. The van der Waals surface area contributed by atoms with Gasteiger partial charge in [0.05, 0.1) is 11.7 Å². The van der Waals surface area contributed by atoms with E-state index in [0.717, 1.165) is 16.5 Å². The van der Waals surface area contributed by atoms with E-state index in [-0.39, 0.29) is 5.56 Å². The van der Waals surface area contributed by atoms with Crippen LogP contribution in [0.3, 0.4) is 0 Å². The van der Waals surface area contributed by atoms with Crippen LogP contribution in [0.25, 0.3) is 10.9 Å². The van der Waals surface area contributed by atoms with Crippen LogP contribution in [-0.4, -0.2) is 9.97 Å². The molecule has 2 rings (SSSR count). The Bertz CT molecular complexity index is 473. The van der Waals surface area contributed by atoms with Crippen molar-refractivity contribution in [3.05, 3.63) is 40.4 Å². The highest BCUT2D eigenvalue weighted by atomic mass is 16.1. The van der Waals surface area contributed by atoms with Crippen LogP contribution in [-0.2, 0) is 0 Å². The van der Waals surface area contributed by atoms with Gasteiger partial charge in [-0.3, -0.25) is 9.78 Å². The van der Waals surface area contributed by atoms with Gasteiger partial charge >= 0.3 is 0 Å². The van der Waals surface area contributed by atoms with E-state index in [9.17, 15) is 4.79 Å². The second-order valence-electron chi connectivity index (χ2n) is 2.74. The fourth-order valence-electron chi connectivity index (χ4n) is 1.23. The SMILES string of the molecule is Cc1cncc2[nH]c(=O)ccc12. The monoisotopic (exact) mass is 160 g/mol. The van der Waals surface area contributed by atoms with E-state index in [1.165, 1.54) is 6.07 Å². The van der Waals surface area contributed by atoms with Crippen LogP contribution in [0, 0.1) is 6.92 Å². The Hall–Kier alpha value is -1.64. The molecule has 0 saturated heterocycles. The van der Waals surface area contributed by atoms with E-state index in [1.54, 1.807) is 12.4 Å². The van der Waals surface area contributed by atoms with Crippen molar-refractivity contribution in [3.8, 4) is 0 Å². The largest absolute Gasteiger partial charge is 0.321 e. The molecule has 2 aromatic heterocycles. The van der Waals surface area contributed by atoms with Gasteiger partial charge < -0.3 is 4.98 Å². The fourth-order valence-corrected chi connectivity index (χ4v) is 1.23. The first-order valence-corrected chi connectivity index (χ1v) is 3.71. The van der Waals surface area contributed by atoms with Crippen molar-refractivity contribution >= 4 is 10.9 Å². The molecule has 0 atom stereocenters. The van der Waals surface area contributed by atoms with Gasteiger partial charge in [0, 0.05) is 17.6 Å². The Balaban J connectivity index is 2.96. The lowest BCUT2D eigenvalue weighted by Gasteiger charge is -1.98. The van der Waals surface area contributed by atoms with Gasteiger partial charge in [-0.15, -0.1) is 0 Å². The molecule has 0 bridgehead atoms. The topological polar surface area (TPSA) is 45.8 Å². The average molecular weight is 160 g/mol. The minimum atomic E-state index is -0.0881. The van der Waals surface area contributed by atoms with E-state index < -0.39 is 0 Å². The van der Waals surface area contributed by atoms with Gasteiger partial charge in [-0.05, 0) is 18.6 Å². The summed E-state index contributed by atoms with van der Waals surface area (Å²) in [5, 5.41) is 1.05. The summed E-state index contributed by atoms with van der Waals surface area (Å²) in [7, 11) is 0. The molecule has 2 aromatic rings.